The van der Waals surface area contributed by atoms with E-state index in [4.69, 9.17) is 4.52 Å². The lowest BCUT2D eigenvalue weighted by Gasteiger charge is -2.31. The van der Waals surface area contributed by atoms with E-state index in [1.165, 1.54) is 24.1 Å². The molecule has 2 aliphatic rings. The molecule has 0 bridgehead atoms. The summed E-state index contributed by atoms with van der Waals surface area (Å²) in [4.78, 5) is 14.4. The molecule has 1 aromatic heterocycles. The summed E-state index contributed by atoms with van der Waals surface area (Å²) < 4.78 is 18.7. The Morgan fingerprint density at radius 1 is 1.23 bits per heavy atom. The van der Waals surface area contributed by atoms with Crippen LogP contribution in [0.15, 0.2) is 28.8 Å². The van der Waals surface area contributed by atoms with Crippen molar-refractivity contribution in [1.82, 2.24) is 10.1 Å². The number of rotatable bonds is 3. The van der Waals surface area contributed by atoms with Crippen molar-refractivity contribution in [3.05, 3.63) is 52.7 Å². The van der Waals surface area contributed by atoms with Gasteiger partial charge < -0.3 is 9.42 Å². The van der Waals surface area contributed by atoms with Gasteiger partial charge in [-0.05, 0) is 55.7 Å². The van der Waals surface area contributed by atoms with Crippen LogP contribution in [0.3, 0.4) is 0 Å². The number of carbonyl (C=O) groups is 1. The minimum atomic E-state index is -0.272. The first-order valence-corrected chi connectivity index (χ1v) is 9.59. The third-order valence-electron chi connectivity index (χ3n) is 5.81. The van der Waals surface area contributed by atoms with Crippen LogP contribution in [0, 0.1) is 11.7 Å². The minimum absolute atomic E-state index is 0.114. The second kappa shape index (κ2) is 7.22. The average Bonchev–Trinajstić information content (AvgIpc) is 3.06. The number of fused-ring (bicyclic) bond motifs is 1. The Labute approximate surface area is 153 Å². The number of aryl methyl sites for hydroxylation is 1. The molecule has 0 spiro atoms. The van der Waals surface area contributed by atoms with Crippen LogP contribution in [0.25, 0.3) is 0 Å². The number of carbonyl (C=O) groups excluding carboxylic acids is 1. The molecule has 0 unspecified atom stereocenters. The van der Waals surface area contributed by atoms with Crippen molar-refractivity contribution in [1.29, 1.82) is 0 Å². The van der Waals surface area contributed by atoms with Crippen molar-refractivity contribution in [2.75, 3.05) is 13.1 Å². The maximum atomic E-state index is 13.0. The molecule has 1 aliphatic heterocycles. The van der Waals surface area contributed by atoms with Crippen molar-refractivity contribution >= 4 is 5.91 Å². The third-order valence-corrected chi connectivity index (χ3v) is 5.81. The second-order valence-corrected chi connectivity index (χ2v) is 7.78. The van der Waals surface area contributed by atoms with E-state index in [-0.39, 0.29) is 11.7 Å². The zero-order valence-electron chi connectivity index (χ0n) is 15.2. The molecule has 1 atom stereocenters. The standard InChI is InChI=1S/C21H25FN2O2/c1-14-2-7-19-18(12-14)21(26-23-19)16-8-10-24(11-9-16)20(25)13-15-3-5-17(22)6-4-15/h3-6,14,16H,2,7-13H2,1H3/t14-/m0/s1. The van der Waals surface area contributed by atoms with Gasteiger partial charge in [0.15, 0.2) is 0 Å². The Bertz CT molecular complexity index is 776. The first kappa shape index (κ1) is 17.3. The number of likely N-dealkylation sites (tertiary alicyclic amines) is 1. The van der Waals surface area contributed by atoms with E-state index in [0.29, 0.717) is 18.3 Å². The van der Waals surface area contributed by atoms with E-state index in [9.17, 15) is 9.18 Å². The highest BCUT2D eigenvalue weighted by atomic mass is 19.1. The number of piperidine rings is 1. The van der Waals surface area contributed by atoms with Gasteiger partial charge in [0.25, 0.3) is 0 Å². The number of nitrogens with zero attached hydrogens (tertiary/aromatic N) is 2. The molecule has 1 saturated heterocycles. The molecule has 0 radical (unpaired) electrons. The highest BCUT2D eigenvalue weighted by molar-refractivity contribution is 5.78. The average molecular weight is 356 g/mol. The molecule has 1 fully saturated rings. The van der Waals surface area contributed by atoms with Crippen LogP contribution in [-0.4, -0.2) is 29.1 Å². The Morgan fingerprint density at radius 2 is 1.96 bits per heavy atom. The Kier molecular flexibility index (Phi) is 4.79. The van der Waals surface area contributed by atoms with E-state index >= 15 is 0 Å². The smallest absolute Gasteiger partial charge is 0.226 e. The van der Waals surface area contributed by atoms with Gasteiger partial charge in [0, 0.05) is 24.6 Å². The van der Waals surface area contributed by atoms with Crippen molar-refractivity contribution in [2.45, 2.75) is 51.4 Å². The number of benzene rings is 1. The molecule has 2 aromatic rings. The fourth-order valence-corrected chi connectivity index (χ4v) is 4.21. The predicted molar refractivity (Wildman–Crippen MR) is 96.4 cm³/mol. The SMILES string of the molecule is C[C@H]1CCc2noc(C3CCN(C(=O)Cc4ccc(F)cc4)CC3)c2C1. The molecule has 5 heteroatoms. The van der Waals surface area contributed by atoms with Crippen LogP contribution >= 0.6 is 0 Å². The number of hydrogen-bond acceptors (Lipinski definition) is 3. The van der Waals surface area contributed by atoms with Gasteiger partial charge in [0.05, 0.1) is 12.1 Å². The Morgan fingerprint density at radius 3 is 2.69 bits per heavy atom. The van der Waals surface area contributed by atoms with Crippen LogP contribution in [0.2, 0.25) is 0 Å². The van der Waals surface area contributed by atoms with Crippen molar-refractivity contribution < 1.29 is 13.7 Å². The maximum Gasteiger partial charge on any atom is 0.226 e. The van der Waals surface area contributed by atoms with Gasteiger partial charge in [0.1, 0.15) is 11.6 Å². The maximum absolute atomic E-state index is 13.0. The largest absolute Gasteiger partial charge is 0.361 e. The summed E-state index contributed by atoms with van der Waals surface area (Å²) in [5.74, 6) is 1.97. The summed E-state index contributed by atoms with van der Waals surface area (Å²) in [6, 6.07) is 6.18. The first-order chi connectivity index (χ1) is 12.6. The number of halogens is 1. The van der Waals surface area contributed by atoms with Crippen molar-refractivity contribution in [2.24, 2.45) is 5.92 Å². The summed E-state index contributed by atoms with van der Waals surface area (Å²) in [5.41, 5.74) is 3.34. The number of hydrogen-bond donors (Lipinski definition) is 0. The van der Waals surface area contributed by atoms with E-state index in [1.54, 1.807) is 12.1 Å². The molecule has 0 N–H and O–H groups in total. The molecule has 26 heavy (non-hydrogen) atoms. The van der Waals surface area contributed by atoms with E-state index in [2.05, 4.69) is 12.1 Å². The van der Waals surface area contributed by atoms with Gasteiger partial charge in [-0.2, -0.15) is 0 Å². The van der Waals surface area contributed by atoms with Gasteiger partial charge >= 0.3 is 0 Å². The highest BCUT2D eigenvalue weighted by Gasteiger charge is 2.31. The van der Waals surface area contributed by atoms with Crippen LogP contribution in [0.1, 0.15) is 54.7 Å². The molecule has 4 rings (SSSR count). The highest BCUT2D eigenvalue weighted by Crippen LogP contribution is 2.36. The van der Waals surface area contributed by atoms with Gasteiger partial charge in [-0.3, -0.25) is 4.79 Å². The molecule has 1 aliphatic carbocycles. The van der Waals surface area contributed by atoms with Crippen molar-refractivity contribution in [3.63, 3.8) is 0 Å². The van der Waals surface area contributed by atoms with E-state index < -0.39 is 0 Å². The number of amides is 1. The molecule has 4 nitrogen and oxygen atoms in total. The molecule has 0 saturated carbocycles. The molecular weight excluding hydrogens is 331 g/mol. The fourth-order valence-electron chi connectivity index (χ4n) is 4.21. The van der Waals surface area contributed by atoms with Crippen molar-refractivity contribution in [3.8, 4) is 0 Å². The normalized spacial score (nSPS) is 20.8. The van der Waals surface area contributed by atoms with E-state index in [0.717, 1.165) is 55.8 Å². The summed E-state index contributed by atoms with van der Waals surface area (Å²) in [7, 11) is 0. The fraction of sp³-hybridized carbons (Fsp3) is 0.524. The molecule has 1 amide bonds. The number of aromatic nitrogens is 1. The monoisotopic (exact) mass is 356 g/mol. The lowest BCUT2D eigenvalue weighted by Crippen LogP contribution is -2.38. The van der Waals surface area contributed by atoms with Gasteiger partial charge in [-0.25, -0.2) is 4.39 Å². The van der Waals surface area contributed by atoms with Gasteiger partial charge in [-0.15, -0.1) is 0 Å². The summed E-state index contributed by atoms with van der Waals surface area (Å²) in [5, 5.41) is 4.30. The van der Waals surface area contributed by atoms with Crippen LogP contribution < -0.4 is 0 Å². The molecule has 1 aromatic carbocycles. The Balaban J connectivity index is 1.36. The molecular formula is C21H25FN2O2. The quantitative estimate of drug-likeness (QED) is 0.838. The lowest BCUT2D eigenvalue weighted by molar-refractivity contribution is -0.131. The third kappa shape index (κ3) is 3.53. The second-order valence-electron chi connectivity index (χ2n) is 7.78. The van der Waals surface area contributed by atoms with Gasteiger partial charge in [-0.1, -0.05) is 24.2 Å². The molecule has 2 heterocycles. The van der Waals surface area contributed by atoms with E-state index in [1.807, 2.05) is 4.90 Å². The van der Waals surface area contributed by atoms with Crippen LogP contribution in [0.5, 0.6) is 0 Å². The van der Waals surface area contributed by atoms with Crippen LogP contribution in [-0.2, 0) is 24.1 Å². The zero-order valence-corrected chi connectivity index (χ0v) is 15.2. The first-order valence-electron chi connectivity index (χ1n) is 9.59. The lowest BCUT2D eigenvalue weighted by atomic mass is 9.83. The van der Waals surface area contributed by atoms with Crippen LogP contribution in [0.4, 0.5) is 4.39 Å². The van der Waals surface area contributed by atoms with Gasteiger partial charge in [0.2, 0.25) is 5.91 Å². The zero-order chi connectivity index (χ0) is 18.1. The predicted octanol–water partition coefficient (Wildman–Crippen LogP) is 3.89. The summed E-state index contributed by atoms with van der Waals surface area (Å²) in [6.07, 6.45) is 5.46. The Hall–Kier alpha value is -2.17. The minimum Gasteiger partial charge on any atom is -0.361 e. The summed E-state index contributed by atoms with van der Waals surface area (Å²) in [6.45, 7) is 3.78. The summed E-state index contributed by atoms with van der Waals surface area (Å²) >= 11 is 0. The topological polar surface area (TPSA) is 46.3 Å². The molecule has 138 valence electrons.